The standard InChI is InChI=1S/C28H28BClN2O6/c1-17-20(7-6-8-22(17)29-37-27(2,3)28(4,5)38-29)16-36-25-11-24(21(26(33)34)10-23(25)30)35-15-19-9-18(12-31)13-32-14-19/h6-11,13-14H,15-16H2,1-5H3,(H,33,34). The molecule has 1 fully saturated rings. The summed E-state index contributed by atoms with van der Waals surface area (Å²) in [5, 5.41) is 18.9. The first-order valence-electron chi connectivity index (χ1n) is 12.0. The van der Waals surface area contributed by atoms with Gasteiger partial charge in [0.2, 0.25) is 0 Å². The molecule has 0 aliphatic carbocycles. The van der Waals surface area contributed by atoms with Crippen molar-refractivity contribution in [3.05, 3.63) is 81.6 Å². The lowest BCUT2D eigenvalue weighted by Gasteiger charge is -2.32. The fourth-order valence-electron chi connectivity index (χ4n) is 3.96. The van der Waals surface area contributed by atoms with Gasteiger partial charge in [0.1, 0.15) is 36.3 Å². The van der Waals surface area contributed by atoms with Gasteiger partial charge in [-0.25, -0.2) is 4.79 Å². The maximum atomic E-state index is 11.8. The van der Waals surface area contributed by atoms with Crippen LogP contribution >= 0.6 is 11.6 Å². The number of pyridine rings is 1. The van der Waals surface area contributed by atoms with Crippen LogP contribution in [-0.2, 0) is 22.5 Å². The average Bonchev–Trinajstić information content (AvgIpc) is 3.09. The number of rotatable bonds is 8. The number of aromatic nitrogens is 1. The van der Waals surface area contributed by atoms with Crippen molar-refractivity contribution in [3.63, 3.8) is 0 Å². The molecule has 1 aromatic heterocycles. The van der Waals surface area contributed by atoms with Crippen LogP contribution in [0.3, 0.4) is 0 Å². The van der Waals surface area contributed by atoms with Gasteiger partial charge >= 0.3 is 13.1 Å². The Balaban J connectivity index is 1.54. The van der Waals surface area contributed by atoms with Crippen molar-refractivity contribution in [2.75, 3.05) is 0 Å². The van der Waals surface area contributed by atoms with Gasteiger partial charge in [0, 0.05) is 24.0 Å². The quantitative estimate of drug-likeness (QED) is 0.399. The number of ether oxygens (including phenoxy) is 2. The summed E-state index contributed by atoms with van der Waals surface area (Å²) in [5.41, 5.74) is 2.75. The van der Waals surface area contributed by atoms with Crippen LogP contribution in [0.4, 0.5) is 0 Å². The smallest absolute Gasteiger partial charge is 0.488 e. The molecular formula is C28H28BClN2O6. The Kier molecular flexibility index (Phi) is 7.70. The zero-order valence-electron chi connectivity index (χ0n) is 21.9. The van der Waals surface area contributed by atoms with Gasteiger partial charge in [0.15, 0.2) is 0 Å². The number of hydrogen-bond donors (Lipinski definition) is 1. The van der Waals surface area contributed by atoms with E-state index in [1.165, 1.54) is 18.3 Å². The summed E-state index contributed by atoms with van der Waals surface area (Å²) in [4.78, 5) is 15.8. The van der Waals surface area contributed by atoms with Crippen LogP contribution in [-0.4, -0.2) is 34.4 Å². The topological polar surface area (TPSA) is 111 Å². The first-order valence-corrected chi connectivity index (χ1v) is 12.4. The second-order valence-electron chi connectivity index (χ2n) is 10.1. The first kappa shape index (κ1) is 27.5. The lowest BCUT2D eigenvalue weighted by atomic mass is 9.75. The molecule has 0 radical (unpaired) electrons. The highest BCUT2D eigenvalue weighted by molar-refractivity contribution is 6.62. The van der Waals surface area contributed by atoms with Gasteiger partial charge in [-0.1, -0.05) is 29.8 Å². The van der Waals surface area contributed by atoms with Crippen LogP contribution < -0.4 is 14.9 Å². The van der Waals surface area contributed by atoms with E-state index in [4.69, 9.17) is 35.6 Å². The van der Waals surface area contributed by atoms with Gasteiger partial charge in [-0.05, 0) is 63.3 Å². The zero-order chi connectivity index (χ0) is 27.7. The molecule has 2 heterocycles. The number of carboxylic acids is 1. The van der Waals surface area contributed by atoms with Crippen molar-refractivity contribution in [2.45, 2.75) is 59.0 Å². The van der Waals surface area contributed by atoms with Crippen LogP contribution in [0.2, 0.25) is 5.02 Å². The highest BCUT2D eigenvalue weighted by atomic mass is 35.5. The lowest BCUT2D eigenvalue weighted by Crippen LogP contribution is -2.41. The minimum Gasteiger partial charge on any atom is -0.488 e. The number of carbonyl (C=O) groups is 1. The van der Waals surface area contributed by atoms with Gasteiger partial charge in [-0.2, -0.15) is 5.26 Å². The molecule has 0 saturated carbocycles. The van der Waals surface area contributed by atoms with Crippen molar-refractivity contribution >= 4 is 30.2 Å². The molecular weight excluding hydrogens is 507 g/mol. The maximum absolute atomic E-state index is 11.8. The third-order valence-corrected chi connectivity index (χ3v) is 7.26. The SMILES string of the molecule is Cc1c(COc2cc(OCc3cncc(C#N)c3)c(C(=O)O)cc2Cl)cccc1B1OC(C)(C)C(C)(C)O1. The Labute approximate surface area is 227 Å². The van der Waals surface area contributed by atoms with E-state index in [1.807, 2.05) is 58.9 Å². The number of aromatic carboxylic acids is 1. The molecule has 3 aromatic rings. The molecule has 38 heavy (non-hydrogen) atoms. The zero-order valence-corrected chi connectivity index (χ0v) is 22.6. The first-order chi connectivity index (χ1) is 17.9. The fraction of sp³-hybridized carbons (Fsp3) is 0.321. The van der Waals surface area contributed by atoms with E-state index >= 15 is 0 Å². The summed E-state index contributed by atoms with van der Waals surface area (Å²) in [6, 6.07) is 12.2. The molecule has 1 aliphatic heterocycles. The molecule has 0 spiro atoms. The van der Waals surface area contributed by atoms with E-state index in [0.29, 0.717) is 11.1 Å². The molecule has 0 bridgehead atoms. The number of hydrogen-bond acceptors (Lipinski definition) is 7. The monoisotopic (exact) mass is 534 g/mol. The van der Waals surface area contributed by atoms with Crippen molar-refractivity contribution in [2.24, 2.45) is 0 Å². The average molecular weight is 535 g/mol. The number of benzene rings is 2. The Morgan fingerprint density at radius 2 is 1.76 bits per heavy atom. The molecule has 4 rings (SSSR count). The summed E-state index contributed by atoms with van der Waals surface area (Å²) >= 11 is 6.38. The Bertz CT molecular complexity index is 1400. The van der Waals surface area contributed by atoms with E-state index in [2.05, 4.69) is 4.98 Å². The normalized spacial score (nSPS) is 15.7. The van der Waals surface area contributed by atoms with E-state index in [1.54, 1.807) is 12.3 Å². The fourth-order valence-corrected chi connectivity index (χ4v) is 4.18. The van der Waals surface area contributed by atoms with Gasteiger partial charge in [-0.3, -0.25) is 4.98 Å². The van der Waals surface area contributed by atoms with Crippen molar-refractivity contribution < 1.29 is 28.7 Å². The third kappa shape index (κ3) is 5.63. The van der Waals surface area contributed by atoms with Crippen LogP contribution in [0.5, 0.6) is 11.5 Å². The molecule has 0 atom stereocenters. The number of carboxylic acid groups (broad SMARTS) is 1. The van der Waals surface area contributed by atoms with E-state index in [9.17, 15) is 9.90 Å². The highest BCUT2D eigenvalue weighted by Gasteiger charge is 2.52. The summed E-state index contributed by atoms with van der Waals surface area (Å²) in [6.45, 7) is 10.2. The number of nitrogens with zero attached hydrogens (tertiary/aromatic N) is 2. The van der Waals surface area contributed by atoms with Crippen molar-refractivity contribution in [1.29, 1.82) is 5.26 Å². The summed E-state index contributed by atoms with van der Waals surface area (Å²) < 4.78 is 24.2. The molecule has 1 saturated heterocycles. The Morgan fingerprint density at radius 1 is 1.08 bits per heavy atom. The summed E-state index contributed by atoms with van der Waals surface area (Å²) in [6.07, 6.45) is 2.98. The molecule has 1 N–H and O–H groups in total. The minimum atomic E-state index is -1.19. The van der Waals surface area contributed by atoms with Crippen LogP contribution in [0.15, 0.2) is 48.8 Å². The molecule has 1 aliphatic rings. The van der Waals surface area contributed by atoms with E-state index in [-0.39, 0.29) is 35.3 Å². The Morgan fingerprint density at radius 3 is 2.42 bits per heavy atom. The summed E-state index contributed by atoms with van der Waals surface area (Å²) in [7, 11) is -0.507. The number of halogens is 1. The molecule has 2 aromatic carbocycles. The lowest BCUT2D eigenvalue weighted by molar-refractivity contribution is 0.00578. The van der Waals surface area contributed by atoms with Gasteiger partial charge in [0.05, 0.1) is 21.8 Å². The Hall–Kier alpha value is -3.58. The van der Waals surface area contributed by atoms with Gasteiger partial charge in [0.25, 0.3) is 0 Å². The van der Waals surface area contributed by atoms with Gasteiger partial charge < -0.3 is 23.9 Å². The molecule has 0 amide bonds. The van der Waals surface area contributed by atoms with Gasteiger partial charge in [-0.15, -0.1) is 0 Å². The largest absolute Gasteiger partial charge is 0.495 e. The molecule has 196 valence electrons. The second kappa shape index (κ2) is 10.7. The molecule has 10 heteroatoms. The van der Waals surface area contributed by atoms with E-state index in [0.717, 1.165) is 16.6 Å². The maximum Gasteiger partial charge on any atom is 0.495 e. The highest BCUT2D eigenvalue weighted by Crippen LogP contribution is 2.37. The van der Waals surface area contributed by atoms with Crippen LogP contribution in [0, 0.1) is 18.3 Å². The minimum absolute atomic E-state index is 0.0130. The number of nitriles is 1. The van der Waals surface area contributed by atoms with Crippen LogP contribution in [0.1, 0.15) is 60.3 Å². The predicted molar refractivity (Wildman–Crippen MR) is 143 cm³/mol. The van der Waals surface area contributed by atoms with Crippen molar-refractivity contribution in [1.82, 2.24) is 4.98 Å². The third-order valence-electron chi connectivity index (χ3n) is 6.96. The summed E-state index contributed by atoms with van der Waals surface area (Å²) in [5.74, 6) is -0.832. The molecule has 8 nitrogen and oxygen atoms in total. The van der Waals surface area contributed by atoms with E-state index < -0.39 is 24.3 Å². The van der Waals surface area contributed by atoms with Crippen molar-refractivity contribution in [3.8, 4) is 17.6 Å². The molecule has 0 unspecified atom stereocenters. The second-order valence-corrected chi connectivity index (χ2v) is 10.5. The van der Waals surface area contributed by atoms with Crippen LogP contribution in [0.25, 0.3) is 0 Å². The predicted octanol–water partition coefficient (Wildman–Crippen LogP) is 5.07.